The van der Waals surface area contributed by atoms with Crippen LogP contribution in [0.4, 0.5) is 0 Å². The van der Waals surface area contributed by atoms with Crippen molar-refractivity contribution in [2.24, 2.45) is 4.99 Å². The van der Waals surface area contributed by atoms with Gasteiger partial charge < -0.3 is 4.90 Å². The molecule has 0 fully saturated rings. The molecule has 30 heavy (non-hydrogen) atoms. The fraction of sp³-hybridized carbons (Fsp3) is 0.250. The van der Waals surface area contributed by atoms with E-state index in [9.17, 15) is 0 Å². The van der Waals surface area contributed by atoms with Gasteiger partial charge in [-0.15, -0.1) is 6.58 Å². The van der Waals surface area contributed by atoms with Gasteiger partial charge in [0.25, 0.3) is 0 Å². The van der Waals surface area contributed by atoms with Crippen molar-refractivity contribution in [3.8, 4) is 0 Å². The minimum absolute atomic E-state index is 0.0698. The third kappa shape index (κ3) is 3.70. The molecule has 0 saturated heterocycles. The Morgan fingerprint density at radius 1 is 0.867 bits per heavy atom. The van der Waals surface area contributed by atoms with Crippen molar-refractivity contribution in [1.82, 2.24) is 4.90 Å². The molecular weight excluding hydrogens is 364 g/mol. The maximum atomic E-state index is 5.41. The Morgan fingerprint density at radius 2 is 1.40 bits per heavy atom. The summed E-state index contributed by atoms with van der Waals surface area (Å²) in [5.74, 6) is 1.15. The molecule has 0 bridgehead atoms. The third-order valence-corrected chi connectivity index (χ3v) is 6.35. The number of hydrogen-bond acceptors (Lipinski definition) is 2. The van der Waals surface area contributed by atoms with E-state index < -0.39 is 0 Å². The molecule has 2 heteroatoms. The Morgan fingerprint density at radius 3 is 1.97 bits per heavy atom. The number of likely N-dealkylation sites (N-methyl/N-ethyl adjacent to an activating group) is 1. The van der Waals surface area contributed by atoms with Crippen LogP contribution in [0.5, 0.6) is 0 Å². The number of hydrogen-bond donors (Lipinski definition) is 0. The Kier molecular flexibility index (Phi) is 5.85. The molecule has 0 unspecified atom stereocenters. The zero-order valence-electron chi connectivity index (χ0n) is 17.9. The molecule has 0 N–H and O–H groups in total. The van der Waals surface area contributed by atoms with Crippen molar-refractivity contribution in [1.29, 1.82) is 0 Å². The first-order chi connectivity index (χ1) is 14.6. The minimum Gasteiger partial charge on any atom is -0.353 e. The lowest BCUT2D eigenvalue weighted by atomic mass is 9.76. The molecule has 3 aromatic rings. The van der Waals surface area contributed by atoms with Crippen molar-refractivity contribution in [3.63, 3.8) is 0 Å². The predicted molar refractivity (Wildman–Crippen MR) is 127 cm³/mol. The first kappa shape index (κ1) is 20.2. The number of allylic oxidation sites excluding steroid dienone is 1. The molecule has 1 aliphatic rings. The van der Waals surface area contributed by atoms with Crippen LogP contribution in [0.1, 0.15) is 48.5 Å². The van der Waals surface area contributed by atoms with E-state index in [2.05, 4.69) is 116 Å². The number of amidine groups is 1. The molecular formula is C28H30N2. The summed E-state index contributed by atoms with van der Waals surface area (Å²) in [5, 5.41) is 0. The summed E-state index contributed by atoms with van der Waals surface area (Å²) in [6, 6.07) is 32.5. The van der Waals surface area contributed by atoms with Crippen LogP contribution in [0.3, 0.4) is 0 Å². The highest BCUT2D eigenvalue weighted by Crippen LogP contribution is 2.46. The van der Waals surface area contributed by atoms with Crippen LogP contribution in [-0.4, -0.2) is 17.8 Å². The largest absolute Gasteiger partial charge is 0.353 e. The van der Waals surface area contributed by atoms with Gasteiger partial charge in [0, 0.05) is 7.05 Å². The molecule has 1 aliphatic heterocycles. The molecule has 3 atom stereocenters. The molecule has 0 radical (unpaired) electrons. The number of benzene rings is 3. The second-order valence-electron chi connectivity index (χ2n) is 8.30. The summed E-state index contributed by atoms with van der Waals surface area (Å²) in [6.07, 6.45) is 3.94. The highest BCUT2D eigenvalue weighted by atomic mass is 15.3. The lowest BCUT2D eigenvalue weighted by Crippen LogP contribution is -2.42. The molecule has 1 heterocycles. The summed E-state index contributed by atoms with van der Waals surface area (Å²) < 4.78 is 0. The standard InChI is InChI=1S/C28H30N2/c1-4-5-21-28(2,24-19-13-8-14-20-24)27-29-25(22-15-9-6-10-16-22)26(30(27)3)23-17-11-7-12-18-23/h4,6-20,25-26H,1,5,21H2,2-3H3/t25-,26-,28-/m0/s1. The second kappa shape index (κ2) is 8.71. The summed E-state index contributed by atoms with van der Waals surface area (Å²) in [5.41, 5.74) is 3.68. The fourth-order valence-corrected chi connectivity index (χ4v) is 4.71. The van der Waals surface area contributed by atoms with E-state index in [1.54, 1.807) is 0 Å². The maximum absolute atomic E-state index is 5.41. The van der Waals surface area contributed by atoms with Crippen molar-refractivity contribution < 1.29 is 0 Å². The van der Waals surface area contributed by atoms with E-state index in [1.165, 1.54) is 16.7 Å². The second-order valence-corrected chi connectivity index (χ2v) is 8.30. The molecule has 0 aliphatic carbocycles. The van der Waals surface area contributed by atoms with Gasteiger partial charge in [0.2, 0.25) is 0 Å². The van der Waals surface area contributed by atoms with E-state index in [0.717, 1.165) is 18.7 Å². The van der Waals surface area contributed by atoms with Crippen molar-refractivity contribution >= 4 is 5.84 Å². The topological polar surface area (TPSA) is 15.6 Å². The van der Waals surface area contributed by atoms with Crippen LogP contribution < -0.4 is 0 Å². The van der Waals surface area contributed by atoms with Gasteiger partial charge in [-0.25, -0.2) is 0 Å². The number of rotatable bonds is 7. The molecule has 0 saturated carbocycles. The molecule has 0 aromatic heterocycles. The lowest BCUT2D eigenvalue weighted by molar-refractivity contribution is 0.345. The van der Waals surface area contributed by atoms with Crippen molar-refractivity contribution in [3.05, 3.63) is 120 Å². The predicted octanol–water partition coefficient (Wildman–Crippen LogP) is 6.74. The average Bonchev–Trinajstić information content (AvgIpc) is 3.17. The van der Waals surface area contributed by atoms with E-state index in [-0.39, 0.29) is 17.5 Å². The Labute approximate surface area is 180 Å². The average molecular weight is 395 g/mol. The van der Waals surface area contributed by atoms with Crippen molar-refractivity contribution in [2.75, 3.05) is 7.05 Å². The first-order valence-corrected chi connectivity index (χ1v) is 10.7. The Bertz CT molecular complexity index is 995. The van der Waals surface area contributed by atoms with Gasteiger partial charge in [-0.1, -0.05) is 97.1 Å². The van der Waals surface area contributed by atoms with E-state index >= 15 is 0 Å². The SMILES string of the molecule is C=CCC[C@](C)(C1=N[C@@H](c2ccccc2)[C@H](c2ccccc2)N1C)c1ccccc1. The normalized spacial score (nSPS) is 20.5. The Hall–Kier alpha value is -3.13. The van der Waals surface area contributed by atoms with Gasteiger partial charge in [0.1, 0.15) is 11.9 Å². The lowest BCUT2D eigenvalue weighted by Gasteiger charge is -2.36. The van der Waals surface area contributed by atoms with Crippen LogP contribution in [-0.2, 0) is 5.41 Å². The summed E-state index contributed by atoms with van der Waals surface area (Å²) in [7, 11) is 2.20. The van der Waals surface area contributed by atoms with Gasteiger partial charge >= 0.3 is 0 Å². The minimum atomic E-state index is -0.180. The molecule has 0 spiro atoms. The van der Waals surface area contributed by atoms with Crippen LogP contribution in [0, 0.1) is 0 Å². The van der Waals surface area contributed by atoms with Gasteiger partial charge in [-0.05, 0) is 36.5 Å². The maximum Gasteiger partial charge on any atom is 0.111 e. The van der Waals surface area contributed by atoms with E-state index in [0.29, 0.717) is 0 Å². The number of nitrogens with zero attached hydrogens (tertiary/aromatic N) is 2. The van der Waals surface area contributed by atoms with E-state index in [1.807, 2.05) is 6.08 Å². The van der Waals surface area contributed by atoms with Crippen LogP contribution in [0.15, 0.2) is 109 Å². The zero-order chi connectivity index (χ0) is 21.0. The highest BCUT2D eigenvalue weighted by Gasteiger charge is 2.44. The molecule has 4 rings (SSSR count). The van der Waals surface area contributed by atoms with Crippen molar-refractivity contribution in [2.45, 2.75) is 37.3 Å². The fourth-order valence-electron chi connectivity index (χ4n) is 4.71. The molecule has 152 valence electrons. The van der Waals surface area contributed by atoms with Crippen LogP contribution in [0.2, 0.25) is 0 Å². The summed E-state index contributed by atoms with van der Waals surface area (Å²) in [6.45, 7) is 6.30. The van der Waals surface area contributed by atoms with Crippen LogP contribution in [0.25, 0.3) is 0 Å². The quantitative estimate of drug-likeness (QED) is 0.405. The summed E-state index contributed by atoms with van der Waals surface area (Å²) in [4.78, 5) is 7.81. The van der Waals surface area contributed by atoms with Gasteiger partial charge in [0.05, 0.1) is 11.5 Å². The molecule has 2 nitrogen and oxygen atoms in total. The van der Waals surface area contributed by atoms with E-state index in [4.69, 9.17) is 4.99 Å². The molecule has 3 aromatic carbocycles. The highest BCUT2D eigenvalue weighted by molar-refractivity contribution is 5.94. The van der Waals surface area contributed by atoms with Gasteiger partial charge in [-0.2, -0.15) is 0 Å². The van der Waals surface area contributed by atoms with Gasteiger partial charge in [0.15, 0.2) is 0 Å². The Balaban J connectivity index is 1.84. The molecule has 0 amide bonds. The number of aliphatic imine (C=N–C) groups is 1. The zero-order valence-corrected chi connectivity index (χ0v) is 17.9. The monoisotopic (exact) mass is 394 g/mol. The smallest absolute Gasteiger partial charge is 0.111 e. The van der Waals surface area contributed by atoms with Crippen LogP contribution >= 0.6 is 0 Å². The van der Waals surface area contributed by atoms with Gasteiger partial charge in [-0.3, -0.25) is 4.99 Å². The summed E-state index contributed by atoms with van der Waals surface area (Å²) >= 11 is 0. The third-order valence-electron chi connectivity index (χ3n) is 6.35. The first-order valence-electron chi connectivity index (χ1n) is 10.7.